The van der Waals surface area contributed by atoms with Gasteiger partial charge >= 0.3 is 0 Å². The lowest BCUT2D eigenvalue weighted by Crippen LogP contribution is -2.39. The SMILES string of the molecule is CC(N(C)Cc1cc([N+](=O)[O-])ccc1NN)C(C)(C)C. The molecule has 0 heterocycles. The van der Waals surface area contributed by atoms with Crippen LogP contribution in [0.5, 0.6) is 0 Å². The van der Waals surface area contributed by atoms with E-state index in [9.17, 15) is 10.1 Å². The Balaban J connectivity index is 3.01. The number of hydrogen-bond acceptors (Lipinski definition) is 5. The van der Waals surface area contributed by atoms with E-state index >= 15 is 0 Å². The van der Waals surface area contributed by atoms with Crippen molar-refractivity contribution in [3.8, 4) is 0 Å². The second-order valence-corrected chi connectivity index (χ2v) is 6.20. The smallest absolute Gasteiger partial charge is 0.269 e. The van der Waals surface area contributed by atoms with Crippen LogP contribution in [-0.2, 0) is 6.54 Å². The van der Waals surface area contributed by atoms with Crippen molar-refractivity contribution >= 4 is 11.4 Å². The number of benzene rings is 1. The summed E-state index contributed by atoms with van der Waals surface area (Å²) in [6.45, 7) is 9.25. The molecular weight excluding hydrogens is 256 g/mol. The number of hydrogen-bond donors (Lipinski definition) is 2. The molecule has 0 aliphatic carbocycles. The summed E-state index contributed by atoms with van der Waals surface area (Å²) in [6, 6.07) is 4.99. The van der Waals surface area contributed by atoms with Gasteiger partial charge < -0.3 is 5.43 Å². The fourth-order valence-corrected chi connectivity index (χ4v) is 2.03. The average molecular weight is 280 g/mol. The third-order valence-corrected chi connectivity index (χ3v) is 3.79. The van der Waals surface area contributed by atoms with Gasteiger partial charge in [-0.1, -0.05) is 20.8 Å². The molecule has 20 heavy (non-hydrogen) atoms. The van der Waals surface area contributed by atoms with Gasteiger partial charge in [0.2, 0.25) is 0 Å². The molecule has 1 rings (SSSR count). The summed E-state index contributed by atoms with van der Waals surface area (Å²) in [4.78, 5) is 12.6. The monoisotopic (exact) mass is 280 g/mol. The molecular formula is C14H24N4O2. The highest BCUT2D eigenvalue weighted by Gasteiger charge is 2.24. The molecule has 0 radical (unpaired) electrons. The van der Waals surface area contributed by atoms with Gasteiger partial charge in [0, 0.05) is 24.7 Å². The maximum absolute atomic E-state index is 10.9. The number of hydrazine groups is 1. The Morgan fingerprint density at radius 2 is 2.05 bits per heavy atom. The van der Waals surface area contributed by atoms with E-state index in [1.54, 1.807) is 12.1 Å². The van der Waals surface area contributed by atoms with Crippen LogP contribution in [-0.4, -0.2) is 22.9 Å². The number of nitro benzene ring substituents is 1. The molecule has 0 aliphatic rings. The number of nitro groups is 1. The second kappa shape index (κ2) is 6.19. The zero-order valence-electron chi connectivity index (χ0n) is 12.8. The highest BCUT2D eigenvalue weighted by atomic mass is 16.6. The lowest BCUT2D eigenvalue weighted by atomic mass is 9.87. The van der Waals surface area contributed by atoms with Crippen molar-refractivity contribution in [2.75, 3.05) is 12.5 Å². The first-order valence-electron chi connectivity index (χ1n) is 6.61. The summed E-state index contributed by atoms with van der Waals surface area (Å²) in [6.07, 6.45) is 0. The molecule has 0 fully saturated rings. The van der Waals surface area contributed by atoms with E-state index in [1.165, 1.54) is 6.07 Å². The van der Waals surface area contributed by atoms with E-state index in [0.29, 0.717) is 18.3 Å². The van der Waals surface area contributed by atoms with Crippen LogP contribution in [0, 0.1) is 15.5 Å². The van der Waals surface area contributed by atoms with Gasteiger partial charge in [-0.05, 0) is 31.0 Å². The summed E-state index contributed by atoms with van der Waals surface area (Å²) < 4.78 is 0. The van der Waals surface area contributed by atoms with Crippen LogP contribution in [0.25, 0.3) is 0 Å². The molecule has 3 N–H and O–H groups in total. The topological polar surface area (TPSA) is 84.4 Å². The van der Waals surface area contributed by atoms with Crippen molar-refractivity contribution in [3.05, 3.63) is 33.9 Å². The molecule has 0 bridgehead atoms. The lowest BCUT2D eigenvalue weighted by molar-refractivity contribution is -0.384. The van der Waals surface area contributed by atoms with Crippen LogP contribution in [0.1, 0.15) is 33.3 Å². The minimum absolute atomic E-state index is 0.0795. The number of nitrogen functional groups attached to an aromatic ring is 1. The summed E-state index contributed by atoms with van der Waals surface area (Å²) in [7, 11) is 2.01. The fourth-order valence-electron chi connectivity index (χ4n) is 2.03. The average Bonchev–Trinajstić information content (AvgIpc) is 2.36. The minimum atomic E-state index is -0.392. The predicted molar refractivity (Wildman–Crippen MR) is 81.3 cm³/mol. The van der Waals surface area contributed by atoms with Crippen molar-refractivity contribution in [1.29, 1.82) is 0 Å². The minimum Gasteiger partial charge on any atom is -0.324 e. The van der Waals surface area contributed by atoms with Gasteiger partial charge in [0.15, 0.2) is 0 Å². The maximum Gasteiger partial charge on any atom is 0.269 e. The Kier molecular flexibility index (Phi) is 5.08. The van der Waals surface area contributed by atoms with Crippen LogP contribution in [0.2, 0.25) is 0 Å². The van der Waals surface area contributed by atoms with Crippen LogP contribution in [0.4, 0.5) is 11.4 Å². The van der Waals surface area contributed by atoms with Crippen LogP contribution >= 0.6 is 0 Å². The van der Waals surface area contributed by atoms with Gasteiger partial charge in [-0.25, -0.2) is 0 Å². The highest BCUT2D eigenvalue weighted by Crippen LogP contribution is 2.27. The molecule has 6 nitrogen and oxygen atoms in total. The number of anilines is 1. The molecule has 1 aromatic rings. The maximum atomic E-state index is 10.9. The summed E-state index contributed by atoms with van der Waals surface area (Å²) in [5, 5.41) is 10.9. The van der Waals surface area contributed by atoms with Gasteiger partial charge in [-0.15, -0.1) is 0 Å². The second-order valence-electron chi connectivity index (χ2n) is 6.20. The molecule has 112 valence electrons. The molecule has 0 saturated heterocycles. The van der Waals surface area contributed by atoms with Gasteiger partial charge in [-0.3, -0.25) is 20.9 Å². The molecule has 1 unspecified atom stereocenters. The van der Waals surface area contributed by atoms with Gasteiger partial charge in [0.1, 0.15) is 0 Å². The summed E-state index contributed by atoms with van der Waals surface area (Å²) in [5.74, 6) is 5.48. The van der Waals surface area contributed by atoms with Crippen LogP contribution < -0.4 is 11.3 Å². The van der Waals surface area contributed by atoms with Crippen molar-refractivity contribution in [1.82, 2.24) is 4.90 Å². The number of nitrogens with one attached hydrogen (secondary N) is 1. The molecule has 1 atom stereocenters. The molecule has 0 spiro atoms. The van der Waals surface area contributed by atoms with Gasteiger partial charge in [-0.2, -0.15) is 0 Å². The fraction of sp³-hybridized carbons (Fsp3) is 0.571. The van der Waals surface area contributed by atoms with Crippen molar-refractivity contribution in [2.45, 2.75) is 40.3 Å². The standard InChI is InChI=1S/C14H24N4O2/c1-10(14(2,3)4)17(5)9-11-8-12(18(19)20)6-7-13(11)16-15/h6-8,10,16H,9,15H2,1-5H3. The van der Waals surface area contributed by atoms with Crippen LogP contribution in [0.3, 0.4) is 0 Å². The Hall–Kier alpha value is -1.66. The first kappa shape index (κ1) is 16.4. The number of nitrogens with zero attached hydrogens (tertiary/aromatic N) is 2. The normalized spacial score (nSPS) is 13.3. The Bertz CT molecular complexity index is 483. The molecule has 1 aromatic carbocycles. The zero-order valence-corrected chi connectivity index (χ0v) is 12.8. The summed E-state index contributed by atoms with van der Waals surface area (Å²) in [5.41, 5.74) is 4.34. The first-order valence-corrected chi connectivity index (χ1v) is 6.61. The zero-order chi connectivity index (χ0) is 15.5. The van der Waals surface area contributed by atoms with Crippen molar-refractivity contribution in [2.24, 2.45) is 11.3 Å². The van der Waals surface area contributed by atoms with E-state index in [-0.39, 0.29) is 11.1 Å². The molecule has 0 saturated carbocycles. The first-order chi connectivity index (χ1) is 9.16. The van der Waals surface area contributed by atoms with E-state index < -0.39 is 4.92 Å². The van der Waals surface area contributed by atoms with Crippen molar-refractivity contribution < 1.29 is 4.92 Å². The Labute approximate surface area is 120 Å². The number of rotatable bonds is 5. The molecule has 6 heteroatoms. The van der Waals surface area contributed by atoms with E-state index in [2.05, 4.69) is 38.0 Å². The van der Waals surface area contributed by atoms with Crippen LogP contribution in [0.15, 0.2) is 18.2 Å². The largest absolute Gasteiger partial charge is 0.324 e. The third-order valence-electron chi connectivity index (χ3n) is 3.79. The molecule has 0 amide bonds. The Morgan fingerprint density at radius 1 is 1.45 bits per heavy atom. The Morgan fingerprint density at radius 3 is 2.50 bits per heavy atom. The quantitative estimate of drug-likeness (QED) is 0.492. The number of non-ortho nitro benzene ring substituents is 1. The third kappa shape index (κ3) is 3.91. The van der Waals surface area contributed by atoms with E-state index in [0.717, 1.165) is 5.56 Å². The predicted octanol–water partition coefficient (Wildman–Crippen LogP) is 2.75. The van der Waals surface area contributed by atoms with Gasteiger partial charge in [0.25, 0.3) is 5.69 Å². The summed E-state index contributed by atoms with van der Waals surface area (Å²) >= 11 is 0. The molecule has 0 aliphatic heterocycles. The molecule has 0 aromatic heterocycles. The number of nitrogens with two attached hydrogens (primary N) is 1. The van der Waals surface area contributed by atoms with E-state index in [4.69, 9.17) is 5.84 Å². The lowest BCUT2D eigenvalue weighted by Gasteiger charge is -2.35. The highest BCUT2D eigenvalue weighted by molar-refractivity contribution is 5.55. The van der Waals surface area contributed by atoms with Crippen molar-refractivity contribution in [3.63, 3.8) is 0 Å². The van der Waals surface area contributed by atoms with E-state index in [1.807, 2.05) is 7.05 Å². The van der Waals surface area contributed by atoms with Gasteiger partial charge in [0.05, 0.1) is 10.6 Å².